The lowest BCUT2D eigenvalue weighted by Gasteiger charge is -2.05. The largest absolute Gasteiger partial charge is 0.478 e. The van der Waals surface area contributed by atoms with Gasteiger partial charge in [0, 0.05) is 30.0 Å². The zero-order chi connectivity index (χ0) is 17.9. The average molecular weight is 335 g/mol. The normalized spacial score (nSPS) is 11.4. The minimum Gasteiger partial charge on any atom is -0.478 e. The summed E-state index contributed by atoms with van der Waals surface area (Å²) in [7, 11) is 0. The van der Waals surface area contributed by atoms with Crippen LogP contribution in [-0.4, -0.2) is 16.1 Å². The molecule has 0 unspecified atom stereocenters. The molecule has 25 heavy (non-hydrogen) atoms. The van der Waals surface area contributed by atoms with Crippen molar-refractivity contribution in [3.05, 3.63) is 78.2 Å². The van der Waals surface area contributed by atoms with Crippen LogP contribution >= 0.6 is 0 Å². The highest BCUT2D eigenvalue weighted by Gasteiger charge is 2.00. The number of carbonyl (C=O) groups is 1. The molecule has 2 aromatic rings. The van der Waals surface area contributed by atoms with Crippen molar-refractivity contribution in [1.29, 1.82) is 0 Å². The highest BCUT2D eigenvalue weighted by molar-refractivity contribution is 5.80. The first-order chi connectivity index (χ1) is 12.2. The first-order valence-electron chi connectivity index (χ1n) is 8.79. The van der Waals surface area contributed by atoms with E-state index < -0.39 is 5.97 Å². The van der Waals surface area contributed by atoms with Crippen LogP contribution in [-0.2, 0) is 17.6 Å². The summed E-state index contributed by atoms with van der Waals surface area (Å²) in [6.07, 6.45) is 13.7. The van der Waals surface area contributed by atoms with Gasteiger partial charge in [0.25, 0.3) is 0 Å². The third-order valence-corrected chi connectivity index (χ3v) is 3.99. The lowest BCUT2D eigenvalue weighted by atomic mass is 10.0. The van der Waals surface area contributed by atoms with Crippen molar-refractivity contribution in [3.63, 3.8) is 0 Å². The Morgan fingerprint density at radius 2 is 1.80 bits per heavy atom. The number of aromatic nitrogens is 1. The van der Waals surface area contributed by atoms with Crippen molar-refractivity contribution in [3.8, 4) is 11.1 Å². The molecular formula is C22H25NO2. The van der Waals surface area contributed by atoms with Gasteiger partial charge in [-0.25, -0.2) is 4.79 Å². The number of benzene rings is 1. The summed E-state index contributed by atoms with van der Waals surface area (Å²) in [5.41, 5.74) is 4.64. The van der Waals surface area contributed by atoms with Gasteiger partial charge in [-0.2, -0.15) is 0 Å². The number of rotatable bonds is 9. The van der Waals surface area contributed by atoms with Gasteiger partial charge in [0.15, 0.2) is 0 Å². The van der Waals surface area contributed by atoms with Crippen LogP contribution in [0.5, 0.6) is 0 Å². The highest BCUT2D eigenvalue weighted by Crippen LogP contribution is 2.20. The van der Waals surface area contributed by atoms with Crippen molar-refractivity contribution >= 4 is 5.97 Å². The number of aryl methyl sites for hydroxylation is 1. The molecule has 3 heteroatoms. The van der Waals surface area contributed by atoms with Crippen molar-refractivity contribution in [2.24, 2.45) is 0 Å². The van der Waals surface area contributed by atoms with Gasteiger partial charge in [-0.3, -0.25) is 4.98 Å². The molecular weight excluding hydrogens is 310 g/mol. The fourth-order valence-electron chi connectivity index (χ4n) is 2.56. The number of nitrogens with zero attached hydrogens (tertiary/aromatic N) is 1. The summed E-state index contributed by atoms with van der Waals surface area (Å²) >= 11 is 0. The van der Waals surface area contributed by atoms with Crippen molar-refractivity contribution in [2.45, 2.75) is 39.0 Å². The molecule has 0 radical (unpaired) electrons. The highest BCUT2D eigenvalue weighted by atomic mass is 16.4. The van der Waals surface area contributed by atoms with Crippen LogP contribution in [0.2, 0.25) is 0 Å². The lowest BCUT2D eigenvalue weighted by Crippen LogP contribution is -1.89. The first kappa shape index (κ1) is 18.7. The van der Waals surface area contributed by atoms with Gasteiger partial charge in [-0.1, -0.05) is 68.3 Å². The van der Waals surface area contributed by atoms with Crippen LogP contribution in [0, 0.1) is 0 Å². The van der Waals surface area contributed by atoms with E-state index >= 15 is 0 Å². The average Bonchev–Trinajstić information content (AvgIpc) is 2.63. The molecule has 3 nitrogen and oxygen atoms in total. The molecule has 0 spiro atoms. The molecule has 1 aromatic carbocycles. The summed E-state index contributed by atoms with van der Waals surface area (Å²) in [5.74, 6) is -0.941. The van der Waals surface area contributed by atoms with Gasteiger partial charge < -0.3 is 5.11 Å². The maximum absolute atomic E-state index is 10.4. The first-order valence-corrected chi connectivity index (χ1v) is 8.79. The molecule has 0 aliphatic carbocycles. The Labute approximate surface area is 149 Å². The summed E-state index contributed by atoms with van der Waals surface area (Å²) in [5, 5.41) is 8.51. The molecule has 1 N–H and O–H groups in total. The second-order valence-electron chi connectivity index (χ2n) is 6.02. The molecule has 0 amide bonds. The minimum absolute atomic E-state index is 0.681. The standard InChI is InChI=1S/C22H25NO2/c1-2-3-5-8-18-11-13-19(14-12-18)20-15-16-21(23-17-20)9-6-4-7-10-22(24)25/h4,6-7,10-17H,2-3,5,8-9H2,1H3,(H,24,25)/b6-4+,10-7+. The number of hydrogen-bond donors (Lipinski definition) is 1. The molecule has 0 fully saturated rings. The maximum Gasteiger partial charge on any atom is 0.328 e. The van der Waals surface area contributed by atoms with Crippen LogP contribution < -0.4 is 0 Å². The summed E-state index contributed by atoms with van der Waals surface area (Å²) in [4.78, 5) is 14.8. The van der Waals surface area contributed by atoms with E-state index in [0.29, 0.717) is 6.42 Å². The van der Waals surface area contributed by atoms with Crippen LogP contribution in [0.15, 0.2) is 66.9 Å². The third-order valence-electron chi connectivity index (χ3n) is 3.99. The predicted molar refractivity (Wildman–Crippen MR) is 103 cm³/mol. The Hall–Kier alpha value is -2.68. The Kier molecular flexibility index (Phi) is 7.64. The quantitative estimate of drug-likeness (QED) is 0.388. The zero-order valence-electron chi connectivity index (χ0n) is 14.7. The van der Waals surface area contributed by atoms with Crippen molar-refractivity contribution in [1.82, 2.24) is 4.98 Å². The number of allylic oxidation sites excluding steroid dienone is 3. The van der Waals surface area contributed by atoms with E-state index in [9.17, 15) is 4.79 Å². The molecule has 0 bridgehead atoms. The minimum atomic E-state index is -0.941. The zero-order valence-corrected chi connectivity index (χ0v) is 14.7. The number of aliphatic carboxylic acids is 1. The number of carboxylic acid groups (broad SMARTS) is 1. The lowest BCUT2D eigenvalue weighted by molar-refractivity contribution is -0.131. The van der Waals surface area contributed by atoms with E-state index in [1.807, 2.05) is 18.3 Å². The van der Waals surface area contributed by atoms with Crippen molar-refractivity contribution < 1.29 is 9.90 Å². The SMILES string of the molecule is CCCCCc1ccc(-c2ccc(C/C=C/C=C/C(=O)O)nc2)cc1. The predicted octanol–water partition coefficient (Wildman–Crippen LogP) is 5.22. The van der Waals surface area contributed by atoms with E-state index in [1.54, 1.807) is 6.08 Å². The van der Waals surface area contributed by atoms with Crippen LogP contribution in [0.25, 0.3) is 11.1 Å². The Bertz CT molecular complexity index is 713. The number of carboxylic acids is 1. The molecule has 0 atom stereocenters. The smallest absolute Gasteiger partial charge is 0.328 e. The second-order valence-corrected chi connectivity index (χ2v) is 6.02. The fourth-order valence-corrected chi connectivity index (χ4v) is 2.56. The van der Waals surface area contributed by atoms with Crippen molar-refractivity contribution in [2.75, 3.05) is 0 Å². The van der Waals surface area contributed by atoms with Gasteiger partial charge in [-0.05, 0) is 30.0 Å². The number of unbranched alkanes of at least 4 members (excludes halogenated alkanes) is 2. The van der Waals surface area contributed by atoms with Gasteiger partial charge in [0.1, 0.15) is 0 Å². The van der Waals surface area contributed by atoms with Gasteiger partial charge >= 0.3 is 5.97 Å². The van der Waals surface area contributed by atoms with Crippen LogP contribution in [0.1, 0.15) is 37.4 Å². The van der Waals surface area contributed by atoms with Gasteiger partial charge in [0.05, 0.1) is 0 Å². The van der Waals surface area contributed by atoms with E-state index in [0.717, 1.165) is 23.8 Å². The molecule has 2 rings (SSSR count). The maximum atomic E-state index is 10.4. The Morgan fingerprint density at radius 1 is 1.04 bits per heavy atom. The topological polar surface area (TPSA) is 50.2 Å². The van der Waals surface area contributed by atoms with Gasteiger partial charge in [0.2, 0.25) is 0 Å². The molecule has 0 saturated carbocycles. The number of pyridine rings is 1. The molecule has 0 saturated heterocycles. The van der Waals surface area contributed by atoms with Crippen LogP contribution in [0.3, 0.4) is 0 Å². The molecule has 1 aromatic heterocycles. The molecule has 0 aliphatic heterocycles. The van der Waals surface area contributed by atoms with E-state index in [2.05, 4.69) is 42.2 Å². The molecule has 130 valence electrons. The third kappa shape index (κ3) is 6.76. The summed E-state index contributed by atoms with van der Waals surface area (Å²) in [6.45, 7) is 2.22. The summed E-state index contributed by atoms with van der Waals surface area (Å²) in [6, 6.07) is 12.8. The number of hydrogen-bond acceptors (Lipinski definition) is 2. The van der Waals surface area contributed by atoms with Crippen LogP contribution in [0.4, 0.5) is 0 Å². The van der Waals surface area contributed by atoms with E-state index in [-0.39, 0.29) is 0 Å². The van der Waals surface area contributed by atoms with E-state index in [1.165, 1.54) is 36.5 Å². The summed E-state index contributed by atoms with van der Waals surface area (Å²) < 4.78 is 0. The monoisotopic (exact) mass is 335 g/mol. The molecule has 1 heterocycles. The Balaban J connectivity index is 1.91. The second kappa shape index (κ2) is 10.2. The Morgan fingerprint density at radius 3 is 2.44 bits per heavy atom. The van der Waals surface area contributed by atoms with E-state index in [4.69, 9.17) is 5.11 Å². The fraction of sp³-hybridized carbons (Fsp3) is 0.273. The van der Waals surface area contributed by atoms with Gasteiger partial charge in [-0.15, -0.1) is 0 Å². The molecule has 0 aliphatic rings.